The van der Waals surface area contributed by atoms with Crippen LogP contribution in [0.1, 0.15) is 31.9 Å². The molecule has 0 aliphatic rings. The summed E-state index contributed by atoms with van der Waals surface area (Å²) < 4.78 is 0. The van der Waals surface area contributed by atoms with Gasteiger partial charge in [-0.2, -0.15) is 0 Å². The minimum Gasteiger partial charge on any atom is -0.481 e. The zero-order chi connectivity index (χ0) is 12.8. The minimum atomic E-state index is -0.744. The molecule has 0 aliphatic heterocycles. The smallest absolute Gasteiger partial charge is 0.306 e. The average molecular weight is 256 g/mol. The molecule has 1 aromatic carbocycles. The summed E-state index contributed by atoms with van der Waals surface area (Å²) in [6, 6.07) is 7.86. The summed E-state index contributed by atoms with van der Waals surface area (Å²) >= 11 is 5.81. The van der Waals surface area contributed by atoms with Crippen LogP contribution in [0.4, 0.5) is 0 Å². The first-order valence-electron chi connectivity index (χ1n) is 5.72. The van der Waals surface area contributed by atoms with E-state index in [1.165, 1.54) is 0 Å². The van der Waals surface area contributed by atoms with Crippen LogP contribution in [0.2, 0.25) is 5.02 Å². The fourth-order valence-corrected chi connectivity index (χ4v) is 1.64. The third kappa shape index (κ3) is 4.75. The molecule has 17 heavy (non-hydrogen) atoms. The summed E-state index contributed by atoms with van der Waals surface area (Å²) in [7, 11) is 0. The summed E-state index contributed by atoms with van der Waals surface area (Å²) in [6.45, 7) is 4.46. The lowest BCUT2D eigenvalue weighted by molar-refractivity contribution is -0.141. The second kappa shape index (κ2) is 6.62. The number of hydrogen-bond acceptors (Lipinski definition) is 2. The highest BCUT2D eigenvalue weighted by atomic mass is 35.5. The molecule has 2 atom stereocenters. The second-order valence-electron chi connectivity index (χ2n) is 4.26. The quantitative estimate of drug-likeness (QED) is 0.821. The van der Waals surface area contributed by atoms with Crippen LogP contribution in [0.3, 0.4) is 0 Å². The highest BCUT2D eigenvalue weighted by Crippen LogP contribution is 2.16. The number of rotatable bonds is 6. The van der Waals surface area contributed by atoms with Crippen LogP contribution in [-0.4, -0.2) is 17.6 Å². The van der Waals surface area contributed by atoms with Gasteiger partial charge >= 0.3 is 5.97 Å². The van der Waals surface area contributed by atoms with Crippen molar-refractivity contribution in [2.75, 3.05) is 6.54 Å². The number of halogens is 1. The lowest BCUT2D eigenvalue weighted by Crippen LogP contribution is -2.23. The van der Waals surface area contributed by atoms with Crippen molar-refractivity contribution in [2.45, 2.75) is 26.3 Å². The predicted octanol–water partition coefficient (Wildman–Crippen LogP) is 3.10. The number of hydrogen-bond donors (Lipinski definition) is 2. The Morgan fingerprint density at radius 1 is 1.35 bits per heavy atom. The topological polar surface area (TPSA) is 49.3 Å². The molecule has 0 fully saturated rings. The van der Waals surface area contributed by atoms with Gasteiger partial charge < -0.3 is 10.4 Å². The number of benzene rings is 1. The van der Waals surface area contributed by atoms with Crippen molar-refractivity contribution in [3.05, 3.63) is 34.9 Å². The third-order valence-electron chi connectivity index (χ3n) is 2.82. The van der Waals surface area contributed by atoms with Crippen molar-refractivity contribution in [3.8, 4) is 0 Å². The van der Waals surface area contributed by atoms with Gasteiger partial charge in [0.2, 0.25) is 0 Å². The first kappa shape index (κ1) is 14.0. The summed E-state index contributed by atoms with van der Waals surface area (Å²) in [5.74, 6) is -1.05. The molecule has 0 radical (unpaired) electrons. The number of carbonyl (C=O) groups is 1. The van der Waals surface area contributed by atoms with Crippen molar-refractivity contribution in [2.24, 2.45) is 5.92 Å². The van der Waals surface area contributed by atoms with Gasteiger partial charge in [-0.15, -0.1) is 0 Å². The molecule has 0 spiro atoms. The van der Waals surface area contributed by atoms with E-state index in [2.05, 4.69) is 12.2 Å². The van der Waals surface area contributed by atoms with Crippen molar-refractivity contribution >= 4 is 17.6 Å². The van der Waals surface area contributed by atoms with E-state index in [4.69, 9.17) is 16.7 Å². The maximum Gasteiger partial charge on any atom is 0.306 e. The Kier molecular flexibility index (Phi) is 5.45. The van der Waals surface area contributed by atoms with E-state index in [1.807, 2.05) is 24.3 Å². The van der Waals surface area contributed by atoms with Gasteiger partial charge in [0, 0.05) is 11.1 Å². The molecule has 3 nitrogen and oxygen atoms in total. The molecule has 94 valence electrons. The largest absolute Gasteiger partial charge is 0.481 e. The van der Waals surface area contributed by atoms with Crippen LogP contribution in [0.25, 0.3) is 0 Å². The van der Waals surface area contributed by atoms with Gasteiger partial charge in [0.1, 0.15) is 0 Å². The van der Waals surface area contributed by atoms with Crippen molar-refractivity contribution in [1.82, 2.24) is 5.32 Å². The normalized spacial score (nSPS) is 14.3. The first-order valence-corrected chi connectivity index (χ1v) is 6.10. The Labute approximate surface area is 107 Å². The molecule has 0 amide bonds. The highest BCUT2D eigenvalue weighted by Gasteiger charge is 2.11. The monoisotopic (exact) mass is 255 g/mol. The van der Waals surface area contributed by atoms with Crippen LogP contribution >= 0.6 is 11.6 Å². The zero-order valence-corrected chi connectivity index (χ0v) is 10.9. The molecule has 0 bridgehead atoms. The number of carboxylic acids is 1. The van der Waals surface area contributed by atoms with E-state index in [-0.39, 0.29) is 12.0 Å². The van der Waals surface area contributed by atoms with E-state index in [1.54, 1.807) is 6.92 Å². The van der Waals surface area contributed by atoms with Gasteiger partial charge in [0.05, 0.1) is 5.92 Å². The molecule has 4 heteroatoms. The van der Waals surface area contributed by atoms with Crippen LogP contribution in [0, 0.1) is 5.92 Å². The number of aliphatic carboxylic acids is 1. The van der Waals surface area contributed by atoms with Gasteiger partial charge in [0.15, 0.2) is 0 Å². The van der Waals surface area contributed by atoms with Gasteiger partial charge in [0.25, 0.3) is 0 Å². The summed E-state index contributed by atoms with van der Waals surface area (Å²) in [5.41, 5.74) is 1.15. The van der Waals surface area contributed by atoms with Gasteiger partial charge in [-0.1, -0.05) is 30.7 Å². The van der Waals surface area contributed by atoms with Crippen LogP contribution in [0.5, 0.6) is 0 Å². The first-order chi connectivity index (χ1) is 8.00. The summed E-state index contributed by atoms with van der Waals surface area (Å²) in [5, 5.41) is 12.8. The molecule has 0 heterocycles. The number of carboxylic acid groups (broad SMARTS) is 1. The lowest BCUT2D eigenvalue weighted by atomic mass is 10.1. The van der Waals surface area contributed by atoms with Gasteiger partial charge in [-0.05, 0) is 37.6 Å². The van der Waals surface area contributed by atoms with Gasteiger partial charge in [-0.3, -0.25) is 4.79 Å². The zero-order valence-electron chi connectivity index (χ0n) is 10.1. The Morgan fingerprint density at radius 3 is 2.47 bits per heavy atom. The SMILES string of the molecule is CC(CCNC(C)c1ccc(Cl)cc1)C(=O)O. The Hall–Kier alpha value is -1.06. The van der Waals surface area contributed by atoms with Crippen molar-refractivity contribution in [1.29, 1.82) is 0 Å². The lowest BCUT2D eigenvalue weighted by Gasteiger charge is -2.15. The maximum atomic E-state index is 10.6. The second-order valence-corrected chi connectivity index (χ2v) is 4.69. The molecule has 2 N–H and O–H groups in total. The van der Waals surface area contributed by atoms with Crippen molar-refractivity contribution < 1.29 is 9.90 Å². The van der Waals surface area contributed by atoms with Gasteiger partial charge in [-0.25, -0.2) is 0 Å². The van der Waals surface area contributed by atoms with E-state index >= 15 is 0 Å². The fourth-order valence-electron chi connectivity index (χ4n) is 1.51. The van der Waals surface area contributed by atoms with E-state index in [9.17, 15) is 4.79 Å². The van der Waals surface area contributed by atoms with Crippen LogP contribution in [0.15, 0.2) is 24.3 Å². The molecule has 0 aliphatic carbocycles. The summed E-state index contributed by atoms with van der Waals surface area (Å²) in [6.07, 6.45) is 0.632. The molecule has 0 saturated heterocycles. The minimum absolute atomic E-state index is 0.202. The van der Waals surface area contributed by atoms with E-state index < -0.39 is 5.97 Å². The van der Waals surface area contributed by atoms with Crippen LogP contribution < -0.4 is 5.32 Å². The van der Waals surface area contributed by atoms with Crippen molar-refractivity contribution in [3.63, 3.8) is 0 Å². The Morgan fingerprint density at radius 2 is 1.94 bits per heavy atom. The third-order valence-corrected chi connectivity index (χ3v) is 3.07. The Balaban J connectivity index is 2.37. The number of nitrogens with one attached hydrogen (secondary N) is 1. The molecule has 0 aromatic heterocycles. The summed E-state index contributed by atoms with van der Waals surface area (Å²) in [4.78, 5) is 10.6. The van der Waals surface area contributed by atoms with E-state index in [0.717, 1.165) is 10.6 Å². The standard InChI is InChI=1S/C13H18ClNO2/c1-9(13(16)17)7-8-15-10(2)11-3-5-12(14)6-4-11/h3-6,9-10,15H,7-8H2,1-2H3,(H,16,17). The fraction of sp³-hybridized carbons (Fsp3) is 0.462. The average Bonchev–Trinajstić information content (AvgIpc) is 2.29. The molecule has 2 unspecified atom stereocenters. The molecular formula is C13H18ClNO2. The maximum absolute atomic E-state index is 10.6. The molecular weight excluding hydrogens is 238 g/mol. The van der Waals surface area contributed by atoms with E-state index in [0.29, 0.717) is 13.0 Å². The molecule has 0 saturated carbocycles. The van der Waals surface area contributed by atoms with Crippen LogP contribution in [-0.2, 0) is 4.79 Å². The molecule has 1 aromatic rings. The Bertz CT molecular complexity index is 364. The molecule has 1 rings (SSSR count). The predicted molar refractivity (Wildman–Crippen MR) is 69.3 cm³/mol. The highest BCUT2D eigenvalue weighted by molar-refractivity contribution is 6.30.